The summed E-state index contributed by atoms with van der Waals surface area (Å²) < 4.78 is 33.6. The fraction of sp³-hybridized carbons (Fsp3) is 0.727. The van der Waals surface area contributed by atoms with E-state index in [-0.39, 0.29) is 38.8 Å². The van der Waals surface area contributed by atoms with Crippen LogP contribution in [0.4, 0.5) is 0 Å². The van der Waals surface area contributed by atoms with Crippen LogP contribution in [0.3, 0.4) is 0 Å². The molecule has 370 valence electrons. The van der Waals surface area contributed by atoms with E-state index in [0.29, 0.717) is 13.0 Å². The minimum Gasteiger partial charge on any atom is -0.457 e. The molecule has 64 heavy (non-hydrogen) atoms. The van der Waals surface area contributed by atoms with Gasteiger partial charge in [0.2, 0.25) is 0 Å². The molecule has 0 saturated heterocycles. The Hall–Kier alpha value is -2.32. The van der Waals surface area contributed by atoms with Crippen LogP contribution in [0.25, 0.3) is 0 Å². The van der Waals surface area contributed by atoms with E-state index in [1.807, 2.05) is 0 Å². The molecule has 0 saturated carbocycles. The molecule has 0 heterocycles. The summed E-state index contributed by atoms with van der Waals surface area (Å²) in [6.45, 7) is 4.75. The normalized spacial score (nSPS) is 14.0. The molecule has 0 aliphatic rings. The fourth-order valence-corrected chi connectivity index (χ4v) is 7.76. The van der Waals surface area contributed by atoms with Crippen molar-refractivity contribution in [3.8, 4) is 0 Å². The topological polar surface area (TPSA) is 117 Å². The lowest BCUT2D eigenvalue weighted by molar-refractivity contribution is -0.154. The van der Waals surface area contributed by atoms with Crippen molar-refractivity contribution in [2.24, 2.45) is 5.73 Å². The summed E-state index contributed by atoms with van der Waals surface area (Å²) in [5, 5.41) is 0. The second-order valence-electron chi connectivity index (χ2n) is 17.0. The summed E-state index contributed by atoms with van der Waals surface area (Å²) >= 11 is 0. The van der Waals surface area contributed by atoms with Crippen molar-refractivity contribution in [1.82, 2.24) is 0 Å². The molecule has 0 rings (SSSR count). The van der Waals surface area contributed by atoms with E-state index >= 15 is 0 Å². The van der Waals surface area contributed by atoms with Crippen molar-refractivity contribution < 1.29 is 32.8 Å². The molecule has 2 unspecified atom stereocenters. The maximum Gasteiger partial charge on any atom is 0.472 e. The van der Waals surface area contributed by atoms with Crippen molar-refractivity contribution in [2.75, 3.05) is 33.0 Å². The van der Waals surface area contributed by atoms with E-state index in [1.54, 1.807) is 0 Å². The smallest absolute Gasteiger partial charge is 0.457 e. The van der Waals surface area contributed by atoms with E-state index in [9.17, 15) is 14.3 Å². The number of phosphoric ester groups is 1. The number of phosphoric acid groups is 1. The summed E-state index contributed by atoms with van der Waals surface area (Å²) in [7, 11) is -4.30. The molecular weight excluding hydrogens is 818 g/mol. The van der Waals surface area contributed by atoms with Gasteiger partial charge in [-0.2, -0.15) is 0 Å². The molecule has 2 atom stereocenters. The maximum atomic E-state index is 12.6. The zero-order valence-corrected chi connectivity index (χ0v) is 42.1. The average molecular weight is 916 g/mol. The summed E-state index contributed by atoms with van der Waals surface area (Å²) in [6.07, 6.45) is 67.7. The number of allylic oxidation sites excluding steroid dienone is 14. The van der Waals surface area contributed by atoms with Gasteiger partial charge in [0.1, 0.15) is 6.10 Å². The van der Waals surface area contributed by atoms with Gasteiger partial charge in [-0.15, -0.1) is 0 Å². The van der Waals surface area contributed by atoms with E-state index in [2.05, 4.69) is 98.9 Å². The highest BCUT2D eigenvalue weighted by Gasteiger charge is 2.25. The van der Waals surface area contributed by atoms with E-state index < -0.39 is 13.9 Å². The molecule has 0 aromatic rings. The number of carbonyl (C=O) groups excluding carboxylic acids is 1. The van der Waals surface area contributed by atoms with Gasteiger partial charge in [0.25, 0.3) is 0 Å². The summed E-state index contributed by atoms with van der Waals surface area (Å²) in [6, 6.07) is 0. The van der Waals surface area contributed by atoms with Crippen LogP contribution < -0.4 is 5.73 Å². The van der Waals surface area contributed by atoms with Gasteiger partial charge in [-0.3, -0.25) is 13.8 Å². The van der Waals surface area contributed by atoms with Gasteiger partial charge in [0, 0.05) is 19.6 Å². The second-order valence-corrected chi connectivity index (χ2v) is 18.5. The van der Waals surface area contributed by atoms with Crippen molar-refractivity contribution in [3.05, 3.63) is 85.1 Å². The minimum atomic E-state index is -4.30. The van der Waals surface area contributed by atoms with Crippen LogP contribution in [0.1, 0.15) is 219 Å². The average Bonchev–Trinajstić information content (AvgIpc) is 3.29. The van der Waals surface area contributed by atoms with Gasteiger partial charge in [0.15, 0.2) is 0 Å². The van der Waals surface area contributed by atoms with Gasteiger partial charge in [-0.25, -0.2) is 4.57 Å². The van der Waals surface area contributed by atoms with Gasteiger partial charge in [0.05, 0.1) is 19.8 Å². The minimum absolute atomic E-state index is 0.0892. The number of hydrogen-bond acceptors (Lipinski definition) is 7. The molecule has 0 aliphatic carbocycles. The van der Waals surface area contributed by atoms with Crippen molar-refractivity contribution >= 4 is 13.8 Å². The lowest BCUT2D eigenvalue weighted by Crippen LogP contribution is -2.28. The number of ether oxygens (including phenoxy) is 2. The predicted octanol–water partition coefficient (Wildman–Crippen LogP) is 16.4. The van der Waals surface area contributed by atoms with Crippen molar-refractivity contribution in [2.45, 2.75) is 225 Å². The van der Waals surface area contributed by atoms with Crippen molar-refractivity contribution in [1.29, 1.82) is 0 Å². The van der Waals surface area contributed by atoms with Gasteiger partial charge in [-0.1, -0.05) is 208 Å². The Bertz CT molecular complexity index is 1260. The number of hydrogen-bond donors (Lipinski definition) is 2. The Kier molecular flexibility index (Phi) is 49.8. The lowest BCUT2D eigenvalue weighted by Gasteiger charge is -2.20. The first kappa shape index (κ1) is 61.7. The summed E-state index contributed by atoms with van der Waals surface area (Å²) in [5.41, 5.74) is 5.39. The molecule has 9 heteroatoms. The molecule has 0 aromatic heterocycles. The van der Waals surface area contributed by atoms with Crippen LogP contribution in [0, 0.1) is 0 Å². The highest BCUT2D eigenvalue weighted by molar-refractivity contribution is 7.47. The first-order chi connectivity index (χ1) is 31.4. The third-order valence-electron chi connectivity index (χ3n) is 10.8. The number of nitrogens with two attached hydrogens (primary N) is 1. The fourth-order valence-electron chi connectivity index (χ4n) is 7.00. The van der Waals surface area contributed by atoms with Crippen LogP contribution in [0.15, 0.2) is 85.1 Å². The molecule has 0 amide bonds. The summed E-state index contributed by atoms with van der Waals surface area (Å²) in [5.74, 6) is -0.372. The van der Waals surface area contributed by atoms with Crippen LogP contribution in [0.5, 0.6) is 0 Å². The third-order valence-corrected chi connectivity index (χ3v) is 11.8. The Morgan fingerprint density at radius 2 is 0.875 bits per heavy atom. The zero-order chi connectivity index (χ0) is 46.5. The Morgan fingerprint density at radius 1 is 0.484 bits per heavy atom. The molecular formula is C55H98NO7P. The number of unbranched alkanes of at least 4 members (excludes halogenated alkanes) is 22. The lowest BCUT2D eigenvalue weighted by atomic mass is 10.0. The number of rotatable bonds is 49. The molecule has 0 bridgehead atoms. The standard InChI is InChI=1S/C55H98NO7P/c1-3-5-7-9-11-13-15-17-19-21-23-25-26-27-29-31-33-35-37-39-41-43-45-47-50-60-52-54(53-62-64(58,59)61-51-49-56)63-55(57)48-46-44-42-40-38-36-34-32-30-28-24-22-20-18-16-14-12-10-8-6-4-2/h6,8,12,14,18,20-21,23-24,28,32,34,38,40,54H,3-5,7,9-11,13,15-17,19,22,25-27,29-31,33,35-37,39,41-53,56H2,1-2H3,(H,58,59)/b8-6-,14-12-,20-18-,23-21-,28-24-,34-32-,40-38-. The zero-order valence-electron chi connectivity index (χ0n) is 41.2. The highest BCUT2D eigenvalue weighted by Crippen LogP contribution is 2.43. The van der Waals surface area contributed by atoms with Crippen LogP contribution in [-0.2, 0) is 27.9 Å². The van der Waals surface area contributed by atoms with Gasteiger partial charge >= 0.3 is 13.8 Å². The van der Waals surface area contributed by atoms with Gasteiger partial charge < -0.3 is 20.1 Å². The Labute approximate surface area is 394 Å². The third kappa shape index (κ3) is 50.7. The molecule has 0 aliphatic heterocycles. The molecule has 8 nitrogen and oxygen atoms in total. The van der Waals surface area contributed by atoms with Crippen LogP contribution >= 0.6 is 7.82 Å². The second kappa shape index (κ2) is 51.7. The number of carbonyl (C=O) groups is 1. The van der Waals surface area contributed by atoms with E-state index in [0.717, 1.165) is 64.2 Å². The Morgan fingerprint density at radius 3 is 1.33 bits per heavy atom. The molecule has 3 N–H and O–H groups in total. The monoisotopic (exact) mass is 916 g/mol. The van der Waals surface area contributed by atoms with E-state index in [4.69, 9.17) is 24.3 Å². The predicted molar refractivity (Wildman–Crippen MR) is 275 cm³/mol. The highest BCUT2D eigenvalue weighted by atomic mass is 31.2. The van der Waals surface area contributed by atoms with Gasteiger partial charge in [-0.05, 0) is 89.9 Å². The SMILES string of the molecule is CC/C=C\C/C=C\C/C=C\C/C=C\C/C=C\C/C=C\CCCCC(=O)OC(COCCCCCCCCCCCCCC/C=C\CCCCCCCCCC)COP(=O)(O)OCCN. The number of esters is 1. The Balaban J connectivity index is 4.02. The van der Waals surface area contributed by atoms with Crippen LogP contribution in [-0.4, -0.2) is 49.9 Å². The van der Waals surface area contributed by atoms with E-state index in [1.165, 1.54) is 128 Å². The molecule has 0 radical (unpaired) electrons. The quantitative estimate of drug-likeness (QED) is 0.0268. The molecule has 0 spiro atoms. The first-order valence-electron chi connectivity index (χ1n) is 26.1. The summed E-state index contributed by atoms with van der Waals surface area (Å²) in [4.78, 5) is 22.6. The molecule has 0 aromatic carbocycles. The van der Waals surface area contributed by atoms with Crippen LogP contribution in [0.2, 0.25) is 0 Å². The van der Waals surface area contributed by atoms with Crippen molar-refractivity contribution in [3.63, 3.8) is 0 Å². The largest absolute Gasteiger partial charge is 0.472 e. The first-order valence-corrected chi connectivity index (χ1v) is 27.6. The molecule has 0 fully saturated rings. The maximum absolute atomic E-state index is 12.6.